The first kappa shape index (κ1) is 14.4. The predicted octanol–water partition coefficient (Wildman–Crippen LogP) is 3.12. The Kier molecular flexibility index (Phi) is 3.51. The van der Waals surface area contributed by atoms with E-state index in [-0.39, 0.29) is 23.5 Å². The molecule has 1 aromatic heterocycles. The molecular formula is C16H12F2N2O2. The normalized spacial score (nSPS) is 19.6. The average molecular weight is 302 g/mol. The first-order chi connectivity index (χ1) is 10.5. The summed E-state index contributed by atoms with van der Waals surface area (Å²) in [4.78, 5) is 4.09. The molecule has 0 unspecified atom stereocenters. The summed E-state index contributed by atoms with van der Waals surface area (Å²) in [5.41, 5.74) is 1.60. The predicted molar refractivity (Wildman–Crippen MR) is 73.7 cm³/mol. The molecule has 0 bridgehead atoms. The summed E-state index contributed by atoms with van der Waals surface area (Å²) in [7, 11) is 0. The highest BCUT2D eigenvalue weighted by atomic mass is 19.1. The number of aliphatic hydroxyl groups excluding tert-OH is 1. The van der Waals surface area contributed by atoms with E-state index >= 15 is 0 Å². The molecule has 0 fully saturated rings. The third-order valence-corrected chi connectivity index (χ3v) is 3.65. The first-order valence-corrected chi connectivity index (χ1v) is 6.68. The molecule has 3 rings (SSSR count). The minimum Gasteiger partial charge on any atom is -0.455 e. The monoisotopic (exact) mass is 302 g/mol. The molecule has 1 N–H and O–H groups in total. The van der Waals surface area contributed by atoms with Gasteiger partial charge < -0.3 is 9.84 Å². The Morgan fingerprint density at radius 2 is 2.18 bits per heavy atom. The standard InChI is InChI=1S/C16H12F2N2O2/c1-8-15-12(5-13(18)16(15)21)14(7-20-8)22-11-3-9(6-19)2-10(17)4-11/h2-4,7,13,16,21H,5H2,1H3/t13-,16-/m1/s1. The molecule has 0 spiro atoms. The van der Waals surface area contributed by atoms with Gasteiger partial charge in [-0.15, -0.1) is 0 Å². The fourth-order valence-corrected chi connectivity index (χ4v) is 2.65. The summed E-state index contributed by atoms with van der Waals surface area (Å²) in [6.45, 7) is 1.68. The molecule has 22 heavy (non-hydrogen) atoms. The molecule has 0 amide bonds. The van der Waals surface area contributed by atoms with Crippen LogP contribution in [0, 0.1) is 24.1 Å². The van der Waals surface area contributed by atoms with Gasteiger partial charge >= 0.3 is 0 Å². The lowest BCUT2D eigenvalue weighted by molar-refractivity contribution is 0.0919. The maximum atomic E-state index is 13.8. The number of ether oxygens (including phenoxy) is 1. The SMILES string of the molecule is Cc1ncc(Oc2cc(F)cc(C#N)c2)c2c1[C@H](O)[C@H](F)C2. The van der Waals surface area contributed by atoms with Crippen LogP contribution in [0.5, 0.6) is 11.5 Å². The van der Waals surface area contributed by atoms with E-state index in [0.717, 1.165) is 12.1 Å². The van der Waals surface area contributed by atoms with Crippen molar-refractivity contribution in [3.05, 3.63) is 52.6 Å². The van der Waals surface area contributed by atoms with Gasteiger partial charge in [0.05, 0.1) is 17.8 Å². The van der Waals surface area contributed by atoms with Gasteiger partial charge in [0.25, 0.3) is 0 Å². The lowest BCUT2D eigenvalue weighted by atomic mass is 10.1. The molecule has 0 saturated carbocycles. The summed E-state index contributed by atoms with van der Waals surface area (Å²) < 4.78 is 32.8. The summed E-state index contributed by atoms with van der Waals surface area (Å²) >= 11 is 0. The Labute approximate surface area is 125 Å². The minimum absolute atomic E-state index is 0.00954. The van der Waals surface area contributed by atoms with Crippen LogP contribution in [0.1, 0.15) is 28.5 Å². The van der Waals surface area contributed by atoms with Gasteiger partial charge in [-0.05, 0) is 19.1 Å². The second-order valence-corrected chi connectivity index (χ2v) is 5.15. The smallest absolute Gasteiger partial charge is 0.149 e. The largest absolute Gasteiger partial charge is 0.455 e. The van der Waals surface area contributed by atoms with Crippen LogP contribution in [0.3, 0.4) is 0 Å². The molecule has 1 aliphatic carbocycles. The quantitative estimate of drug-likeness (QED) is 0.925. The number of benzene rings is 1. The maximum Gasteiger partial charge on any atom is 0.149 e. The highest BCUT2D eigenvalue weighted by Crippen LogP contribution is 2.41. The molecule has 1 heterocycles. The molecule has 1 aliphatic rings. The van der Waals surface area contributed by atoms with Crippen LogP contribution < -0.4 is 4.74 Å². The van der Waals surface area contributed by atoms with E-state index < -0.39 is 18.1 Å². The Morgan fingerprint density at radius 3 is 2.91 bits per heavy atom. The number of rotatable bonds is 2. The van der Waals surface area contributed by atoms with Crippen molar-refractivity contribution in [1.29, 1.82) is 5.26 Å². The lowest BCUT2D eigenvalue weighted by Gasteiger charge is -2.12. The van der Waals surface area contributed by atoms with Gasteiger partial charge in [-0.1, -0.05) is 0 Å². The number of alkyl halides is 1. The highest BCUT2D eigenvalue weighted by molar-refractivity contribution is 5.48. The molecule has 2 atom stereocenters. The third kappa shape index (κ3) is 2.40. The third-order valence-electron chi connectivity index (χ3n) is 3.65. The van der Waals surface area contributed by atoms with E-state index in [9.17, 15) is 13.9 Å². The van der Waals surface area contributed by atoms with Crippen molar-refractivity contribution < 1.29 is 18.6 Å². The van der Waals surface area contributed by atoms with Gasteiger partial charge in [-0.25, -0.2) is 8.78 Å². The van der Waals surface area contributed by atoms with Crippen molar-refractivity contribution in [2.24, 2.45) is 0 Å². The Balaban J connectivity index is 2.02. The lowest BCUT2D eigenvalue weighted by Crippen LogP contribution is -2.07. The molecule has 112 valence electrons. The second kappa shape index (κ2) is 5.35. The number of aliphatic hydroxyl groups is 1. The zero-order valence-electron chi connectivity index (χ0n) is 11.7. The van der Waals surface area contributed by atoms with Crippen LogP contribution >= 0.6 is 0 Å². The summed E-state index contributed by atoms with van der Waals surface area (Å²) in [5.74, 6) is -0.218. The Hall–Kier alpha value is -2.52. The molecule has 0 saturated heterocycles. The molecule has 0 radical (unpaired) electrons. The molecular weight excluding hydrogens is 290 g/mol. The molecule has 0 aliphatic heterocycles. The van der Waals surface area contributed by atoms with Crippen molar-refractivity contribution in [3.63, 3.8) is 0 Å². The van der Waals surface area contributed by atoms with Gasteiger partial charge in [0.1, 0.15) is 29.6 Å². The number of nitriles is 1. The molecule has 1 aromatic carbocycles. The number of fused-ring (bicyclic) bond motifs is 1. The number of aryl methyl sites for hydroxylation is 1. The van der Waals surface area contributed by atoms with Gasteiger partial charge in [-0.3, -0.25) is 4.98 Å². The van der Waals surface area contributed by atoms with E-state index in [1.165, 1.54) is 12.3 Å². The second-order valence-electron chi connectivity index (χ2n) is 5.15. The number of halogens is 2. The van der Waals surface area contributed by atoms with E-state index in [0.29, 0.717) is 16.8 Å². The van der Waals surface area contributed by atoms with Crippen molar-refractivity contribution in [1.82, 2.24) is 4.98 Å². The first-order valence-electron chi connectivity index (χ1n) is 6.68. The number of nitrogens with zero attached hydrogens (tertiary/aromatic N) is 2. The van der Waals surface area contributed by atoms with Crippen LogP contribution in [0.15, 0.2) is 24.4 Å². The van der Waals surface area contributed by atoms with Crippen LogP contribution in [0.2, 0.25) is 0 Å². The number of hydrogen-bond acceptors (Lipinski definition) is 4. The zero-order valence-corrected chi connectivity index (χ0v) is 11.7. The fraction of sp³-hybridized carbons (Fsp3) is 0.250. The van der Waals surface area contributed by atoms with Gasteiger partial charge in [0.15, 0.2) is 0 Å². The average Bonchev–Trinajstić information content (AvgIpc) is 2.78. The molecule has 4 nitrogen and oxygen atoms in total. The number of hydrogen-bond donors (Lipinski definition) is 1. The van der Waals surface area contributed by atoms with Crippen molar-refractivity contribution in [3.8, 4) is 17.6 Å². The Morgan fingerprint density at radius 1 is 1.41 bits per heavy atom. The minimum atomic E-state index is -1.41. The van der Waals surface area contributed by atoms with Gasteiger partial charge in [0, 0.05) is 29.3 Å². The maximum absolute atomic E-state index is 13.8. The van der Waals surface area contributed by atoms with Crippen LogP contribution in [-0.2, 0) is 6.42 Å². The summed E-state index contributed by atoms with van der Waals surface area (Å²) in [6, 6.07) is 5.44. The van der Waals surface area contributed by atoms with Crippen molar-refractivity contribution >= 4 is 0 Å². The van der Waals surface area contributed by atoms with Gasteiger partial charge in [0.2, 0.25) is 0 Å². The Bertz CT molecular complexity index is 786. The van der Waals surface area contributed by atoms with Crippen molar-refractivity contribution in [2.45, 2.75) is 25.6 Å². The zero-order chi connectivity index (χ0) is 15.9. The van der Waals surface area contributed by atoms with Crippen LogP contribution in [0.25, 0.3) is 0 Å². The van der Waals surface area contributed by atoms with Crippen LogP contribution in [0.4, 0.5) is 8.78 Å². The summed E-state index contributed by atoms with van der Waals surface area (Å²) in [5, 5.41) is 18.7. The topological polar surface area (TPSA) is 66.1 Å². The highest BCUT2D eigenvalue weighted by Gasteiger charge is 2.35. The number of aromatic nitrogens is 1. The van der Waals surface area contributed by atoms with Crippen LogP contribution in [-0.4, -0.2) is 16.3 Å². The van der Waals surface area contributed by atoms with Crippen molar-refractivity contribution in [2.75, 3.05) is 0 Å². The van der Waals surface area contributed by atoms with E-state index in [4.69, 9.17) is 10.00 Å². The van der Waals surface area contributed by atoms with E-state index in [2.05, 4.69) is 4.98 Å². The van der Waals surface area contributed by atoms with Gasteiger partial charge in [-0.2, -0.15) is 5.26 Å². The summed E-state index contributed by atoms with van der Waals surface area (Å²) in [6.07, 6.45) is -1.22. The fourth-order valence-electron chi connectivity index (χ4n) is 2.65. The number of pyridine rings is 1. The van der Waals surface area contributed by atoms with E-state index in [1.54, 1.807) is 6.92 Å². The van der Waals surface area contributed by atoms with E-state index in [1.807, 2.05) is 6.07 Å². The molecule has 2 aromatic rings. The molecule has 6 heteroatoms.